The number of H-pyrrole nitrogens is 1. The number of anilines is 1. The molecule has 0 amide bonds. The summed E-state index contributed by atoms with van der Waals surface area (Å²) in [6.07, 6.45) is -5.82. The third-order valence-corrected chi connectivity index (χ3v) is 5.89. The Hall–Kier alpha value is -3.07. The molecule has 4 rings (SSSR count). The van der Waals surface area contributed by atoms with E-state index in [2.05, 4.69) is 10.3 Å². The minimum Gasteiger partial charge on any atom is -0.505 e. The van der Waals surface area contributed by atoms with E-state index in [0.717, 1.165) is 12.1 Å². The van der Waals surface area contributed by atoms with Crippen LogP contribution in [0.1, 0.15) is 37.4 Å². The van der Waals surface area contributed by atoms with Gasteiger partial charge in [0.25, 0.3) is 0 Å². The molecule has 0 spiro atoms. The van der Waals surface area contributed by atoms with Crippen LogP contribution in [0.3, 0.4) is 0 Å². The average molecular weight is 436 g/mol. The predicted octanol–water partition coefficient (Wildman–Crippen LogP) is 4.50. The predicted molar refractivity (Wildman–Crippen MR) is 108 cm³/mol. The first kappa shape index (κ1) is 21.2. The van der Waals surface area contributed by atoms with Crippen LogP contribution in [-0.2, 0) is 5.41 Å². The Morgan fingerprint density at radius 1 is 1.13 bits per heavy atom. The van der Waals surface area contributed by atoms with Crippen molar-refractivity contribution in [1.82, 2.24) is 4.98 Å². The summed E-state index contributed by atoms with van der Waals surface area (Å²) in [4.78, 5) is 14.2. The van der Waals surface area contributed by atoms with Crippen LogP contribution in [-0.4, -0.2) is 27.0 Å². The number of hydrogen-bond acceptors (Lipinski definition) is 4. The highest BCUT2D eigenvalue weighted by Gasteiger charge is 2.64. The molecule has 0 radical (unpaired) electrons. The molecule has 2 unspecified atom stereocenters. The fraction of sp³-hybridized carbons (Fsp3) is 0.318. The summed E-state index contributed by atoms with van der Waals surface area (Å²) in [5.41, 5.74) is -4.38. The zero-order chi connectivity index (χ0) is 22.8. The van der Waals surface area contributed by atoms with Gasteiger partial charge in [0, 0.05) is 22.7 Å². The molecule has 1 aliphatic rings. The van der Waals surface area contributed by atoms with Crippen LogP contribution < -0.4 is 10.9 Å². The summed E-state index contributed by atoms with van der Waals surface area (Å²) < 4.78 is 56.7. The first-order valence-corrected chi connectivity index (χ1v) is 9.55. The minimum absolute atomic E-state index is 0.00701. The van der Waals surface area contributed by atoms with Gasteiger partial charge in [0.1, 0.15) is 0 Å². The largest absolute Gasteiger partial charge is 0.505 e. The number of phenols is 1. The van der Waals surface area contributed by atoms with Gasteiger partial charge in [-0.3, -0.25) is 4.79 Å². The zero-order valence-electron chi connectivity index (χ0n) is 16.6. The maximum atomic E-state index is 14.2. The molecule has 0 fully saturated rings. The molecule has 3 aromatic rings. The fourth-order valence-electron chi connectivity index (χ4n) is 4.58. The molecule has 0 aliphatic heterocycles. The van der Waals surface area contributed by atoms with E-state index in [0.29, 0.717) is 10.9 Å². The summed E-state index contributed by atoms with van der Waals surface area (Å²) in [5.74, 6) is -1.69. The van der Waals surface area contributed by atoms with Crippen molar-refractivity contribution >= 4 is 16.6 Å². The number of aromatic amines is 1. The number of aliphatic hydroxyl groups is 1. The molecule has 9 heteroatoms. The molecule has 164 valence electrons. The summed E-state index contributed by atoms with van der Waals surface area (Å²) >= 11 is 0. The van der Waals surface area contributed by atoms with Gasteiger partial charge in [0.2, 0.25) is 5.56 Å². The second kappa shape index (κ2) is 6.71. The van der Waals surface area contributed by atoms with Gasteiger partial charge in [0.05, 0.1) is 11.6 Å². The van der Waals surface area contributed by atoms with E-state index in [1.165, 1.54) is 32.0 Å². The van der Waals surface area contributed by atoms with E-state index < -0.39 is 41.2 Å². The third-order valence-electron chi connectivity index (χ3n) is 5.89. The summed E-state index contributed by atoms with van der Waals surface area (Å²) in [7, 11) is 0. The Labute approximate surface area is 174 Å². The summed E-state index contributed by atoms with van der Waals surface area (Å²) in [6, 6.07) is 7.63. The monoisotopic (exact) mass is 436 g/mol. The van der Waals surface area contributed by atoms with Crippen LogP contribution in [0.4, 0.5) is 23.2 Å². The SMILES string of the molecule is CC1(C)CC(O)(C(F)(F)F)C(Nc2cccc3[nH]c(=O)ccc23)c2ccc(F)c(O)c21. The average Bonchev–Trinajstić information content (AvgIpc) is 2.65. The highest BCUT2D eigenvalue weighted by molar-refractivity contribution is 5.91. The van der Waals surface area contributed by atoms with E-state index in [1.807, 2.05) is 0 Å². The van der Waals surface area contributed by atoms with Crippen molar-refractivity contribution in [3.63, 3.8) is 0 Å². The molecule has 4 N–H and O–H groups in total. The molecule has 31 heavy (non-hydrogen) atoms. The second-order valence-electron chi connectivity index (χ2n) is 8.51. The quantitative estimate of drug-likeness (QED) is 0.446. The van der Waals surface area contributed by atoms with Crippen molar-refractivity contribution in [2.75, 3.05) is 5.32 Å². The van der Waals surface area contributed by atoms with Crippen LogP contribution in [0.25, 0.3) is 10.9 Å². The summed E-state index contributed by atoms with van der Waals surface area (Å²) in [5, 5.41) is 24.5. The molecule has 2 atom stereocenters. The number of aromatic hydroxyl groups is 1. The molecule has 1 aromatic heterocycles. The first-order valence-electron chi connectivity index (χ1n) is 9.55. The minimum atomic E-state index is -5.03. The zero-order valence-corrected chi connectivity index (χ0v) is 16.6. The summed E-state index contributed by atoms with van der Waals surface area (Å²) in [6.45, 7) is 2.83. The molecule has 5 nitrogen and oxygen atoms in total. The number of halogens is 4. The Bertz CT molecular complexity index is 1240. The van der Waals surface area contributed by atoms with Crippen LogP contribution >= 0.6 is 0 Å². The maximum Gasteiger partial charge on any atom is 0.419 e. The number of benzene rings is 2. The van der Waals surface area contributed by atoms with Crippen LogP contribution in [0, 0.1) is 5.82 Å². The number of rotatable bonds is 2. The van der Waals surface area contributed by atoms with Crippen molar-refractivity contribution in [3.05, 3.63) is 69.8 Å². The lowest BCUT2D eigenvalue weighted by atomic mass is 9.63. The van der Waals surface area contributed by atoms with E-state index in [1.54, 1.807) is 12.1 Å². The Balaban J connectivity index is 1.96. The van der Waals surface area contributed by atoms with E-state index in [9.17, 15) is 32.6 Å². The number of aromatic nitrogens is 1. The van der Waals surface area contributed by atoms with Gasteiger partial charge in [-0.25, -0.2) is 4.39 Å². The van der Waals surface area contributed by atoms with E-state index in [-0.39, 0.29) is 22.4 Å². The van der Waals surface area contributed by atoms with Gasteiger partial charge in [-0.15, -0.1) is 0 Å². The molecular formula is C22H20F4N2O3. The molecule has 0 saturated heterocycles. The molecule has 1 aliphatic carbocycles. The van der Waals surface area contributed by atoms with Crippen molar-refractivity contribution < 1.29 is 27.8 Å². The number of pyridine rings is 1. The maximum absolute atomic E-state index is 14.2. The van der Waals surface area contributed by atoms with Crippen LogP contribution in [0.2, 0.25) is 0 Å². The van der Waals surface area contributed by atoms with Gasteiger partial charge in [-0.1, -0.05) is 26.0 Å². The standard InChI is InChI=1S/C22H20F4N2O3/c1-20(2)10-21(31,22(24,25)26)19(12-6-8-13(23)18(30)17(12)20)28-15-5-3-4-14-11(15)7-9-16(29)27-14/h3-9,19,28,30-31H,10H2,1-2H3,(H,27,29). The number of alkyl halides is 3. The Morgan fingerprint density at radius 2 is 1.84 bits per heavy atom. The van der Waals surface area contributed by atoms with Gasteiger partial charge in [-0.2, -0.15) is 13.2 Å². The number of phenolic OH excluding ortho intramolecular Hbond substituents is 1. The lowest BCUT2D eigenvalue weighted by molar-refractivity contribution is -0.276. The van der Waals surface area contributed by atoms with Crippen molar-refractivity contribution in [1.29, 1.82) is 0 Å². The smallest absolute Gasteiger partial charge is 0.419 e. The number of hydrogen-bond donors (Lipinski definition) is 4. The van der Waals surface area contributed by atoms with Crippen LogP contribution in [0.5, 0.6) is 5.75 Å². The van der Waals surface area contributed by atoms with Gasteiger partial charge in [0.15, 0.2) is 17.2 Å². The molecular weight excluding hydrogens is 416 g/mol. The molecule has 0 bridgehead atoms. The fourth-order valence-corrected chi connectivity index (χ4v) is 4.58. The molecule has 1 heterocycles. The Morgan fingerprint density at radius 3 is 2.52 bits per heavy atom. The van der Waals surface area contributed by atoms with Crippen molar-refractivity contribution in [3.8, 4) is 5.75 Å². The van der Waals surface area contributed by atoms with Crippen molar-refractivity contribution in [2.24, 2.45) is 0 Å². The lowest BCUT2D eigenvalue weighted by Crippen LogP contribution is -2.58. The van der Waals surface area contributed by atoms with Gasteiger partial charge < -0.3 is 20.5 Å². The highest BCUT2D eigenvalue weighted by atomic mass is 19.4. The second-order valence-corrected chi connectivity index (χ2v) is 8.51. The van der Waals surface area contributed by atoms with Crippen molar-refractivity contribution in [2.45, 2.75) is 43.5 Å². The van der Waals surface area contributed by atoms with E-state index in [4.69, 9.17) is 0 Å². The van der Waals surface area contributed by atoms with Crippen LogP contribution in [0.15, 0.2) is 47.3 Å². The lowest BCUT2D eigenvalue weighted by Gasteiger charge is -2.49. The number of fused-ring (bicyclic) bond motifs is 2. The highest BCUT2D eigenvalue weighted by Crippen LogP contribution is 2.56. The molecule has 2 aromatic carbocycles. The van der Waals surface area contributed by atoms with Gasteiger partial charge >= 0.3 is 6.18 Å². The Kier molecular flexibility index (Phi) is 4.59. The first-order chi connectivity index (χ1) is 14.3. The topological polar surface area (TPSA) is 85.4 Å². The molecule has 0 saturated carbocycles. The number of nitrogens with one attached hydrogen (secondary N) is 2. The normalized spacial score (nSPS) is 22.9. The van der Waals surface area contributed by atoms with Gasteiger partial charge in [-0.05, 0) is 41.7 Å². The third kappa shape index (κ3) is 3.23. The van der Waals surface area contributed by atoms with E-state index >= 15 is 0 Å².